The van der Waals surface area contributed by atoms with E-state index in [1.807, 2.05) is 0 Å². The molecule has 3 rings (SSSR count). The molecule has 0 aromatic heterocycles. The molecule has 3 saturated carbocycles. The van der Waals surface area contributed by atoms with Crippen molar-refractivity contribution in [2.45, 2.75) is 144 Å². The van der Waals surface area contributed by atoms with Crippen LogP contribution in [0.2, 0.25) is 5.76 Å². The van der Waals surface area contributed by atoms with Crippen LogP contribution in [0.15, 0.2) is 0 Å². The Hall–Kier alpha value is 0.423. The van der Waals surface area contributed by atoms with Gasteiger partial charge in [-0.15, -0.1) is 0 Å². The molecular formula is C31H60GeO3. The first-order valence-electron chi connectivity index (χ1n) is 15.4. The van der Waals surface area contributed by atoms with Crippen molar-refractivity contribution in [3.63, 3.8) is 0 Å². The first-order chi connectivity index (χ1) is 16.4. The summed E-state index contributed by atoms with van der Waals surface area (Å²) in [6.07, 6.45) is 12.2. The van der Waals surface area contributed by atoms with Crippen molar-refractivity contribution in [1.29, 1.82) is 0 Å². The second-order valence-electron chi connectivity index (χ2n) is 14.3. The van der Waals surface area contributed by atoms with Gasteiger partial charge in [0.1, 0.15) is 0 Å². The van der Waals surface area contributed by atoms with Crippen LogP contribution >= 0.6 is 0 Å². The van der Waals surface area contributed by atoms with Gasteiger partial charge in [-0.3, -0.25) is 0 Å². The fraction of sp³-hybridized carbons (Fsp3) is 1.00. The summed E-state index contributed by atoms with van der Waals surface area (Å²) in [5.74, 6) is 8.35. The molecule has 0 bridgehead atoms. The first-order valence-corrected chi connectivity index (χ1v) is 20.1. The van der Waals surface area contributed by atoms with Gasteiger partial charge < -0.3 is 0 Å². The van der Waals surface area contributed by atoms with Crippen molar-refractivity contribution in [3.8, 4) is 0 Å². The minimum absolute atomic E-state index is 0.292. The molecule has 0 amide bonds. The summed E-state index contributed by atoms with van der Waals surface area (Å²) < 4.78 is 21.9. The third-order valence-electron chi connectivity index (χ3n) is 9.98. The van der Waals surface area contributed by atoms with Gasteiger partial charge in [-0.05, 0) is 0 Å². The molecule has 0 aromatic carbocycles. The molecule has 206 valence electrons. The maximum absolute atomic E-state index is 7.30. The van der Waals surface area contributed by atoms with Crippen LogP contribution in [0.4, 0.5) is 0 Å². The summed E-state index contributed by atoms with van der Waals surface area (Å²) in [5, 5.41) is 0. The van der Waals surface area contributed by atoms with Crippen LogP contribution < -0.4 is 0 Å². The van der Waals surface area contributed by atoms with Gasteiger partial charge in [-0.2, -0.15) is 0 Å². The Bertz CT molecular complexity index is 551. The molecule has 35 heavy (non-hydrogen) atoms. The Balaban J connectivity index is 1.88. The number of hydrogen-bond acceptors (Lipinski definition) is 3. The molecule has 0 radical (unpaired) electrons. The van der Waals surface area contributed by atoms with E-state index in [0.29, 0.717) is 53.8 Å². The van der Waals surface area contributed by atoms with Gasteiger partial charge >= 0.3 is 223 Å². The van der Waals surface area contributed by atoms with Gasteiger partial charge in [0.15, 0.2) is 0 Å². The van der Waals surface area contributed by atoms with Crippen LogP contribution in [-0.2, 0) is 11.3 Å². The van der Waals surface area contributed by atoms with E-state index in [0.717, 1.165) is 17.8 Å². The quantitative estimate of drug-likeness (QED) is 0.267. The molecule has 9 atom stereocenters. The predicted octanol–water partition coefficient (Wildman–Crippen LogP) is 8.99. The van der Waals surface area contributed by atoms with E-state index in [4.69, 9.17) is 11.3 Å². The Morgan fingerprint density at radius 2 is 0.743 bits per heavy atom. The molecule has 4 heteroatoms. The molecular weight excluding hydrogens is 493 g/mol. The van der Waals surface area contributed by atoms with E-state index in [9.17, 15) is 0 Å². The molecule has 0 spiro atoms. The monoisotopic (exact) mass is 554 g/mol. The van der Waals surface area contributed by atoms with Crippen LogP contribution in [0.1, 0.15) is 120 Å². The van der Waals surface area contributed by atoms with Gasteiger partial charge in [0.05, 0.1) is 0 Å². The molecule has 0 saturated heterocycles. The van der Waals surface area contributed by atoms with Crippen molar-refractivity contribution < 1.29 is 11.3 Å². The van der Waals surface area contributed by atoms with E-state index in [2.05, 4.69) is 68.1 Å². The predicted molar refractivity (Wildman–Crippen MR) is 150 cm³/mol. The van der Waals surface area contributed by atoms with E-state index in [1.165, 1.54) is 57.8 Å². The Morgan fingerprint density at radius 3 is 0.971 bits per heavy atom. The number of hydrogen-bond donors (Lipinski definition) is 0. The third kappa shape index (κ3) is 8.20. The van der Waals surface area contributed by atoms with Crippen molar-refractivity contribution in [1.82, 2.24) is 0 Å². The second kappa shape index (κ2) is 13.0. The molecule has 3 aliphatic rings. The van der Waals surface area contributed by atoms with Crippen LogP contribution in [0.3, 0.4) is 0 Å². The summed E-state index contributed by atoms with van der Waals surface area (Å²) in [6.45, 7) is 21.6. The van der Waals surface area contributed by atoms with Crippen LogP contribution in [0.25, 0.3) is 0 Å². The zero-order chi connectivity index (χ0) is 25.9. The molecule has 0 heterocycles. The first kappa shape index (κ1) is 30.0. The van der Waals surface area contributed by atoms with E-state index < -0.39 is 14.3 Å². The van der Waals surface area contributed by atoms with E-state index >= 15 is 0 Å². The molecule has 0 aromatic rings. The summed E-state index contributed by atoms with van der Waals surface area (Å²) in [6, 6.07) is 0. The Morgan fingerprint density at radius 1 is 0.486 bits per heavy atom. The summed E-state index contributed by atoms with van der Waals surface area (Å²) >= 11 is -3.52. The summed E-state index contributed by atoms with van der Waals surface area (Å²) in [5.41, 5.74) is 0. The second-order valence-corrected chi connectivity index (χ2v) is 19.4. The minimum atomic E-state index is -3.52. The van der Waals surface area contributed by atoms with Crippen molar-refractivity contribution in [3.05, 3.63) is 0 Å². The zero-order valence-electron chi connectivity index (χ0n) is 25.0. The Labute approximate surface area is 222 Å². The maximum atomic E-state index is 7.30. The Kier molecular flexibility index (Phi) is 11.1. The fourth-order valence-corrected chi connectivity index (χ4v) is 13.2. The SMILES string of the molecule is CC1CCC(C(C)C)C([O][Ge]([CH3])([O]C2CC(C)CCC2C(C)C)[O]C2CC(C)CCC2C(C)C)C1. The third-order valence-corrected chi connectivity index (χ3v) is 14.6. The number of rotatable bonds is 9. The van der Waals surface area contributed by atoms with Gasteiger partial charge in [0.2, 0.25) is 0 Å². The summed E-state index contributed by atoms with van der Waals surface area (Å²) in [4.78, 5) is 0. The van der Waals surface area contributed by atoms with Crippen molar-refractivity contribution >= 4 is 14.3 Å². The molecule has 3 aliphatic carbocycles. The normalized spacial score (nSPS) is 40.9. The topological polar surface area (TPSA) is 27.7 Å². The van der Waals surface area contributed by atoms with E-state index in [-0.39, 0.29) is 0 Å². The molecule has 9 unspecified atom stereocenters. The van der Waals surface area contributed by atoms with Gasteiger partial charge in [-0.25, -0.2) is 0 Å². The average molecular weight is 553 g/mol. The van der Waals surface area contributed by atoms with E-state index in [1.54, 1.807) is 0 Å². The standard InChI is InChI=1S/C31H60GeO3/c1-20(2)26-14-11-23(7)17-29(26)33-32(10,34-30-18-24(8)12-15-27(30)21(3)4)35-31-19-25(9)13-16-28(31)22(5)6/h20-31H,11-19H2,1-10H3. The van der Waals surface area contributed by atoms with Gasteiger partial charge in [0.25, 0.3) is 0 Å². The molecule has 0 aliphatic heterocycles. The fourth-order valence-electron chi connectivity index (χ4n) is 7.66. The molecule has 3 nitrogen and oxygen atoms in total. The van der Waals surface area contributed by atoms with Gasteiger partial charge in [-0.1, -0.05) is 0 Å². The zero-order valence-corrected chi connectivity index (χ0v) is 27.1. The average Bonchev–Trinajstić information content (AvgIpc) is 2.72. The molecule has 3 fully saturated rings. The summed E-state index contributed by atoms with van der Waals surface area (Å²) in [7, 11) is 0. The van der Waals surface area contributed by atoms with Crippen LogP contribution in [0, 0.1) is 53.3 Å². The molecule has 0 N–H and O–H groups in total. The van der Waals surface area contributed by atoms with Crippen molar-refractivity contribution in [2.24, 2.45) is 53.3 Å². The van der Waals surface area contributed by atoms with Crippen molar-refractivity contribution in [2.75, 3.05) is 0 Å². The van der Waals surface area contributed by atoms with Crippen LogP contribution in [0.5, 0.6) is 0 Å². The van der Waals surface area contributed by atoms with Crippen LogP contribution in [-0.4, -0.2) is 32.6 Å². The van der Waals surface area contributed by atoms with Gasteiger partial charge in [0, 0.05) is 0 Å².